The third-order valence-corrected chi connectivity index (χ3v) is 6.12. The second kappa shape index (κ2) is 8.72. The molecule has 2 aliphatic heterocycles. The highest BCUT2D eigenvalue weighted by Crippen LogP contribution is 2.29. The average molecular weight is 432 g/mol. The van der Waals surface area contributed by atoms with E-state index in [1.54, 1.807) is 0 Å². The molecule has 0 amide bonds. The Bertz CT molecular complexity index is 1230. The zero-order valence-electron chi connectivity index (χ0n) is 18.6. The van der Waals surface area contributed by atoms with Crippen LogP contribution in [0.1, 0.15) is 13.8 Å². The highest BCUT2D eigenvalue weighted by atomic mass is 16.4. The SMILES string of the molecule is CC.Nc1nc2cc(-c3ccc4ncc(N5CC(N6CCNCC6)C5)nc4c3)ccc2o1. The number of piperazine rings is 1. The van der Waals surface area contributed by atoms with Gasteiger partial charge in [-0.25, -0.2) is 4.98 Å². The van der Waals surface area contributed by atoms with Crippen LogP contribution in [-0.4, -0.2) is 65.2 Å². The topological polar surface area (TPSA) is 96.3 Å². The van der Waals surface area contributed by atoms with Gasteiger partial charge in [0.05, 0.1) is 17.2 Å². The van der Waals surface area contributed by atoms with Crippen molar-refractivity contribution in [2.45, 2.75) is 19.9 Å². The Morgan fingerprint density at radius 1 is 0.938 bits per heavy atom. The lowest BCUT2D eigenvalue weighted by Gasteiger charge is -2.47. The predicted molar refractivity (Wildman–Crippen MR) is 129 cm³/mol. The van der Waals surface area contributed by atoms with Gasteiger partial charge < -0.3 is 20.4 Å². The molecule has 0 aliphatic carbocycles. The Hall–Kier alpha value is -3.23. The molecular formula is C24H29N7O. The van der Waals surface area contributed by atoms with E-state index in [1.165, 1.54) is 0 Å². The van der Waals surface area contributed by atoms with Crippen LogP contribution in [0.4, 0.5) is 11.8 Å². The summed E-state index contributed by atoms with van der Waals surface area (Å²) in [6, 6.07) is 12.9. The van der Waals surface area contributed by atoms with Crippen LogP contribution in [-0.2, 0) is 0 Å². The quantitative estimate of drug-likeness (QED) is 0.511. The van der Waals surface area contributed by atoms with E-state index in [4.69, 9.17) is 15.1 Å². The summed E-state index contributed by atoms with van der Waals surface area (Å²) in [4.78, 5) is 18.7. The first-order valence-electron chi connectivity index (χ1n) is 11.4. The smallest absolute Gasteiger partial charge is 0.292 e. The number of benzene rings is 2. The number of anilines is 2. The maximum absolute atomic E-state index is 5.67. The first-order valence-corrected chi connectivity index (χ1v) is 11.4. The number of hydrogen-bond acceptors (Lipinski definition) is 8. The fraction of sp³-hybridized carbons (Fsp3) is 0.375. The van der Waals surface area contributed by atoms with Crippen molar-refractivity contribution in [1.29, 1.82) is 0 Å². The molecule has 2 saturated heterocycles. The zero-order valence-corrected chi connectivity index (χ0v) is 18.6. The van der Waals surface area contributed by atoms with Gasteiger partial charge in [-0.05, 0) is 35.4 Å². The number of aromatic nitrogens is 3. The molecule has 4 heterocycles. The molecule has 32 heavy (non-hydrogen) atoms. The summed E-state index contributed by atoms with van der Waals surface area (Å²) < 4.78 is 5.37. The number of nitrogens with two attached hydrogens (primary N) is 1. The number of nitrogen functional groups attached to an aromatic ring is 1. The van der Waals surface area contributed by atoms with Crippen LogP contribution in [0.2, 0.25) is 0 Å². The summed E-state index contributed by atoms with van der Waals surface area (Å²) in [6.07, 6.45) is 1.89. The highest BCUT2D eigenvalue weighted by molar-refractivity contribution is 5.86. The van der Waals surface area contributed by atoms with Crippen LogP contribution in [0.5, 0.6) is 0 Å². The molecule has 2 fully saturated rings. The molecule has 2 aromatic carbocycles. The van der Waals surface area contributed by atoms with E-state index >= 15 is 0 Å². The molecule has 0 unspecified atom stereocenters. The molecule has 2 aliphatic rings. The molecule has 2 aromatic heterocycles. The lowest BCUT2D eigenvalue weighted by Crippen LogP contribution is -2.63. The molecule has 4 aromatic rings. The third-order valence-electron chi connectivity index (χ3n) is 6.12. The van der Waals surface area contributed by atoms with E-state index in [-0.39, 0.29) is 6.01 Å². The third kappa shape index (κ3) is 3.87. The van der Waals surface area contributed by atoms with Crippen LogP contribution in [0.3, 0.4) is 0 Å². The number of fused-ring (bicyclic) bond motifs is 2. The van der Waals surface area contributed by atoms with E-state index in [0.29, 0.717) is 11.6 Å². The zero-order chi connectivity index (χ0) is 22.1. The second-order valence-corrected chi connectivity index (χ2v) is 8.01. The monoisotopic (exact) mass is 431 g/mol. The van der Waals surface area contributed by atoms with Crippen LogP contribution < -0.4 is 16.0 Å². The Kier molecular flexibility index (Phi) is 5.63. The van der Waals surface area contributed by atoms with Crippen molar-refractivity contribution in [3.63, 3.8) is 0 Å². The summed E-state index contributed by atoms with van der Waals surface area (Å²) in [5.74, 6) is 0.950. The van der Waals surface area contributed by atoms with Gasteiger partial charge in [-0.15, -0.1) is 0 Å². The maximum atomic E-state index is 5.67. The second-order valence-electron chi connectivity index (χ2n) is 8.01. The summed E-state index contributed by atoms with van der Waals surface area (Å²) in [5, 5.41) is 3.42. The van der Waals surface area contributed by atoms with E-state index < -0.39 is 0 Å². The molecule has 8 nitrogen and oxygen atoms in total. The first kappa shape index (κ1) is 20.7. The molecule has 0 atom stereocenters. The van der Waals surface area contributed by atoms with E-state index in [9.17, 15) is 0 Å². The Balaban J connectivity index is 0.00000105. The van der Waals surface area contributed by atoms with Crippen molar-refractivity contribution in [3.8, 4) is 11.1 Å². The van der Waals surface area contributed by atoms with E-state index in [2.05, 4.69) is 37.2 Å². The molecule has 0 radical (unpaired) electrons. The standard InChI is InChI=1S/C22H23N7O.C2H6/c23-22-27-19-10-15(2-4-20(19)30-22)14-1-3-17-18(9-14)26-21(11-25-17)29-12-16(13-29)28-7-5-24-6-8-28;1-2/h1-4,9-11,16,24H,5-8,12-13H2,(H2,23,27);1-2H3. The Morgan fingerprint density at radius 3 is 2.44 bits per heavy atom. The summed E-state index contributed by atoms with van der Waals surface area (Å²) in [5.41, 5.74) is 11.0. The Labute approximate surface area is 187 Å². The van der Waals surface area contributed by atoms with Crippen molar-refractivity contribution < 1.29 is 4.42 Å². The largest absolute Gasteiger partial charge is 0.424 e. The number of nitrogens with one attached hydrogen (secondary N) is 1. The average Bonchev–Trinajstić information content (AvgIpc) is 3.19. The molecule has 0 saturated carbocycles. The van der Waals surface area contributed by atoms with Crippen molar-refractivity contribution in [3.05, 3.63) is 42.6 Å². The molecule has 6 rings (SSSR count). The van der Waals surface area contributed by atoms with E-state index in [0.717, 1.165) is 72.8 Å². The van der Waals surface area contributed by atoms with Gasteiger partial charge >= 0.3 is 0 Å². The summed E-state index contributed by atoms with van der Waals surface area (Å²) >= 11 is 0. The van der Waals surface area contributed by atoms with Crippen LogP contribution in [0, 0.1) is 0 Å². The lowest BCUT2D eigenvalue weighted by atomic mass is 10.0. The van der Waals surface area contributed by atoms with Crippen LogP contribution in [0.15, 0.2) is 47.0 Å². The van der Waals surface area contributed by atoms with Gasteiger partial charge in [-0.3, -0.25) is 9.88 Å². The fourth-order valence-electron chi connectivity index (χ4n) is 4.38. The van der Waals surface area contributed by atoms with Crippen molar-refractivity contribution in [2.24, 2.45) is 0 Å². The van der Waals surface area contributed by atoms with Gasteiger partial charge in [0.25, 0.3) is 6.01 Å². The molecular weight excluding hydrogens is 402 g/mol. The molecule has 8 heteroatoms. The van der Waals surface area contributed by atoms with Crippen molar-refractivity contribution in [1.82, 2.24) is 25.2 Å². The van der Waals surface area contributed by atoms with Gasteiger partial charge in [-0.1, -0.05) is 26.0 Å². The number of nitrogens with zero attached hydrogens (tertiary/aromatic N) is 5. The fourth-order valence-corrected chi connectivity index (χ4v) is 4.38. The molecule has 166 valence electrons. The van der Waals surface area contributed by atoms with Crippen molar-refractivity contribution in [2.75, 3.05) is 49.9 Å². The van der Waals surface area contributed by atoms with Crippen LogP contribution >= 0.6 is 0 Å². The van der Waals surface area contributed by atoms with Gasteiger partial charge in [0, 0.05) is 45.3 Å². The minimum absolute atomic E-state index is 0.185. The Morgan fingerprint density at radius 2 is 1.66 bits per heavy atom. The van der Waals surface area contributed by atoms with Gasteiger partial charge in [0.1, 0.15) is 11.3 Å². The van der Waals surface area contributed by atoms with Gasteiger partial charge in [0.15, 0.2) is 5.58 Å². The molecule has 0 bridgehead atoms. The number of oxazole rings is 1. The summed E-state index contributed by atoms with van der Waals surface area (Å²) in [6.45, 7) is 10.5. The van der Waals surface area contributed by atoms with Crippen LogP contribution in [0.25, 0.3) is 33.3 Å². The van der Waals surface area contributed by atoms with E-state index in [1.807, 2.05) is 44.3 Å². The normalized spacial score (nSPS) is 17.2. The summed E-state index contributed by atoms with van der Waals surface area (Å²) in [7, 11) is 0. The maximum Gasteiger partial charge on any atom is 0.292 e. The lowest BCUT2D eigenvalue weighted by molar-refractivity contribution is 0.147. The first-order chi connectivity index (χ1) is 15.7. The number of hydrogen-bond donors (Lipinski definition) is 2. The molecule has 0 spiro atoms. The minimum atomic E-state index is 0.185. The highest BCUT2D eigenvalue weighted by Gasteiger charge is 2.33. The van der Waals surface area contributed by atoms with Gasteiger partial charge in [0.2, 0.25) is 0 Å². The molecule has 3 N–H and O–H groups in total. The minimum Gasteiger partial charge on any atom is -0.424 e. The van der Waals surface area contributed by atoms with Crippen molar-refractivity contribution >= 4 is 34.0 Å². The number of rotatable bonds is 3. The van der Waals surface area contributed by atoms with Gasteiger partial charge in [-0.2, -0.15) is 4.98 Å². The predicted octanol–water partition coefficient (Wildman–Crippen LogP) is 3.14.